The number of fused-ring (bicyclic) bond motifs is 3. The number of benzene rings is 1. The summed E-state index contributed by atoms with van der Waals surface area (Å²) in [6, 6.07) is 8.00. The Bertz CT molecular complexity index is 570. The highest BCUT2D eigenvalue weighted by Gasteiger charge is 2.51. The van der Waals surface area contributed by atoms with Gasteiger partial charge in [-0.25, -0.2) is 10.0 Å². The van der Waals surface area contributed by atoms with Crippen LogP contribution in [0.15, 0.2) is 24.3 Å². The number of nitrogens with zero attached hydrogens (tertiary/aromatic N) is 3. The standard InChI is InChI=1S/C16H21N3O2/c1-16-7-4-8-18(16)14-6-3-2-5-13(14)15(20)19(16)17-9-11-21-12-10-17/h2-3,5-6H,4,7-12H2,1H3. The van der Waals surface area contributed by atoms with Gasteiger partial charge in [-0.05, 0) is 31.9 Å². The van der Waals surface area contributed by atoms with Crippen LogP contribution < -0.4 is 4.90 Å². The van der Waals surface area contributed by atoms with Crippen molar-refractivity contribution in [2.75, 3.05) is 37.7 Å². The molecule has 0 saturated carbocycles. The van der Waals surface area contributed by atoms with Crippen LogP contribution in [0.25, 0.3) is 0 Å². The predicted octanol–water partition coefficient (Wildman–Crippen LogP) is 1.71. The van der Waals surface area contributed by atoms with Crippen molar-refractivity contribution in [3.63, 3.8) is 0 Å². The predicted molar refractivity (Wildman–Crippen MR) is 80.0 cm³/mol. The number of carbonyl (C=O) groups excluding carboxylic acids is 1. The molecule has 1 atom stereocenters. The zero-order chi connectivity index (χ0) is 14.4. The molecule has 112 valence electrons. The second kappa shape index (κ2) is 4.71. The van der Waals surface area contributed by atoms with E-state index in [2.05, 4.69) is 22.9 Å². The summed E-state index contributed by atoms with van der Waals surface area (Å²) in [6.45, 7) is 6.18. The van der Waals surface area contributed by atoms with Crippen molar-refractivity contribution in [3.05, 3.63) is 29.8 Å². The lowest BCUT2D eigenvalue weighted by molar-refractivity contribution is -0.114. The minimum absolute atomic E-state index is 0.133. The van der Waals surface area contributed by atoms with Gasteiger partial charge < -0.3 is 9.64 Å². The SMILES string of the molecule is CC12CCCN1c1ccccc1C(=O)N2N1CCOCC1. The first-order chi connectivity index (χ1) is 10.2. The molecule has 3 aliphatic heterocycles. The number of amides is 1. The third-order valence-corrected chi connectivity index (χ3v) is 4.96. The normalized spacial score (nSPS) is 29.5. The lowest BCUT2D eigenvalue weighted by atomic mass is 10.00. The van der Waals surface area contributed by atoms with Gasteiger partial charge in [-0.3, -0.25) is 4.79 Å². The molecule has 0 bridgehead atoms. The van der Waals surface area contributed by atoms with E-state index in [9.17, 15) is 4.79 Å². The Morgan fingerprint density at radius 3 is 2.71 bits per heavy atom. The molecule has 3 aliphatic rings. The van der Waals surface area contributed by atoms with Crippen LogP contribution in [0.2, 0.25) is 0 Å². The van der Waals surface area contributed by atoms with Gasteiger partial charge in [0.05, 0.1) is 24.5 Å². The molecule has 0 aliphatic carbocycles. The Balaban J connectivity index is 1.81. The molecule has 0 spiro atoms. The number of para-hydroxylation sites is 1. The summed E-state index contributed by atoms with van der Waals surface area (Å²) < 4.78 is 5.45. The van der Waals surface area contributed by atoms with Gasteiger partial charge >= 0.3 is 0 Å². The van der Waals surface area contributed by atoms with Crippen LogP contribution >= 0.6 is 0 Å². The summed E-state index contributed by atoms with van der Waals surface area (Å²) >= 11 is 0. The van der Waals surface area contributed by atoms with Crippen molar-refractivity contribution in [2.45, 2.75) is 25.4 Å². The van der Waals surface area contributed by atoms with Gasteiger partial charge in [-0.15, -0.1) is 0 Å². The van der Waals surface area contributed by atoms with Gasteiger partial charge in [0.25, 0.3) is 5.91 Å². The molecule has 4 rings (SSSR count). The molecular formula is C16H21N3O2. The molecule has 1 amide bonds. The fourth-order valence-corrected chi connectivity index (χ4v) is 3.96. The second-order valence-corrected chi connectivity index (χ2v) is 6.17. The smallest absolute Gasteiger partial charge is 0.272 e. The first-order valence-corrected chi connectivity index (χ1v) is 7.76. The first kappa shape index (κ1) is 13.1. The van der Waals surface area contributed by atoms with Gasteiger partial charge in [0.2, 0.25) is 0 Å². The summed E-state index contributed by atoms with van der Waals surface area (Å²) in [7, 11) is 0. The fourth-order valence-electron chi connectivity index (χ4n) is 3.96. The highest BCUT2D eigenvalue weighted by molar-refractivity contribution is 6.02. The average molecular weight is 287 g/mol. The maximum atomic E-state index is 13.1. The second-order valence-electron chi connectivity index (χ2n) is 6.17. The van der Waals surface area contributed by atoms with Crippen LogP contribution in [0.1, 0.15) is 30.1 Å². The van der Waals surface area contributed by atoms with Crippen molar-refractivity contribution < 1.29 is 9.53 Å². The van der Waals surface area contributed by atoms with Crippen molar-refractivity contribution in [2.24, 2.45) is 0 Å². The maximum absolute atomic E-state index is 13.1. The third kappa shape index (κ3) is 1.80. The fraction of sp³-hybridized carbons (Fsp3) is 0.562. The van der Waals surface area contributed by atoms with Crippen LogP contribution in [0.4, 0.5) is 5.69 Å². The lowest BCUT2D eigenvalue weighted by Gasteiger charge is -2.54. The zero-order valence-electron chi connectivity index (χ0n) is 12.4. The van der Waals surface area contributed by atoms with E-state index in [1.807, 2.05) is 23.2 Å². The number of ether oxygens (including phenoxy) is 1. The molecule has 1 unspecified atom stereocenters. The maximum Gasteiger partial charge on any atom is 0.272 e. The number of rotatable bonds is 1. The van der Waals surface area contributed by atoms with Crippen LogP contribution in [-0.4, -0.2) is 54.4 Å². The van der Waals surface area contributed by atoms with E-state index in [1.54, 1.807) is 0 Å². The van der Waals surface area contributed by atoms with E-state index in [4.69, 9.17) is 4.74 Å². The highest BCUT2D eigenvalue weighted by Crippen LogP contribution is 2.44. The van der Waals surface area contributed by atoms with Gasteiger partial charge in [-0.2, -0.15) is 0 Å². The van der Waals surface area contributed by atoms with Crippen molar-refractivity contribution in [3.8, 4) is 0 Å². The first-order valence-electron chi connectivity index (χ1n) is 7.76. The molecule has 2 fully saturated rings. The summed E-state index contributed by atoms with van der Waals surface area (Å²) in [5.74, 6) is 0.133. The molecule has 0 radical (unpaired) electrons. The quantitative estimate of drug-likeness (QED) is 0.788. The molecule has 0 aromatic heterocycles. The Morgan fingerprint density at radius 1 is 1.14 bits per heavy atom. The van der Waals surface area contributed by atoms with Crippen LogP contribution in [-0.2, 0) is 4.74 Å². The van der Waals surface area contributed by atoms with Crippen LogP contribution in [0.5, 0.6) is 0 Å². The molecule has 5 nitrogen and oxygen atoms in total. The van der Waals surface area contributed by atoms with Gasteiger partial charge in [0.15, 0.2) is 0 Å². The molecule has 1 aromatic carbocycles. The Kier molecular flexibility index (Phi) is 2.94. The minimum Gasteiger partial charge on any atom is -0.379 e. The van der Waals surface area contributed by atoms with E-state index in [1.165, 1.54) is 0 Å². The van der Waals surface area contributed by atoms with Gasteiger partial charge in [0, 0.05) is 19.6 Å². The van der Waals surface area contributed by atoms with Crippen molar-refractivity contribution >= 4 is 11.6 Å². The van der Waals surface area contributed by atoms with Gasteiger partial charge in [-0.1, -0.05) is 12.1 Å². The van der Waals surface area contributed by atoms with E-state index in [-0.39, 0.29) is 11.6 Å². The minimum atomic E-state index is -0.233. The molecule has 0 N–H and O–H groups in total. The largest absolute Gasteiger partial charge is 0.379 e. The van der Waals surface area contributed by atoms with E-state index in [0.29, 0.717) is 13.2 Å². The van der Waals surface area contributed by atoms with Crippen LogP contribution in [0.3, 0.4) is 0 Å². The molecule has 5 heteroatoms. The Hall–Kier alpha value is -1.59. The topological polar surface area (TPSA) is 36.0 Å². The molecular weight excluding hydrogens is 266 g/mol. The summed E-state index contributed by atoms with van der Waals surface area (Å²) in [4.78, 5) is 15.5. The highest BCUT2D eigenvalue weighted by atomic mass is 16.5. The number of morpholine rings is 1. The number of carbonyl (C=O) groups is 1. The summed E-state index contributed by atoms with van der Waals surface area (Å²) in [5, 5.41) is 4.19. The van der Waals surface area contributed by atoms with E-state index >= 15 is 0 Å². The molecule has 21 heavy (non-hydrogen) atoms. The van der Waals surface area contributed by atoms with Crippen molar-refractivity contribution in [1.82, 2.24) is 10.0 Å². The van der Waals surface area contributed by atoms with E-state index in [0.717, 1.165) is 43.7 Å². The molecule has 3 heterocycles. The van der Waals surface area contributed by atoms with Crippen LogP contribution in [0, 0.1) is 0 Å². The molecule has 1 aromatic rings. The van der Waals surface area contributed by atoms with Crippen molar-refractivity contribution in [1.29, 1.82) is 0 Å². The average Bonchev–Trinajstić information content (AvgIpc) is 2.91. The Morgan fingerprint density at radius 2 is 1.90 bits per heavy atom. The number of hydrogen-bond acceptors (Lipinski definition) is 4. The van der Waals surface area contributed by atoms with Gasteiger partial charge in [0.1, 0.15) is 5.66 Å². The lowest BCUT2D eigenvalue weighted by Crippen LogP contribution is -2.68. The van der Waals surface area contributed by atoms with E-state index < -0.39 is 0 Å². The zero-order valence-corrected chi connectivity index (χ0v) is 12.4. The summed E-state index contributed by atoms with van der Waals surface area (Å²) in [5.41, 5.74) is 1.68. The number of anilines is 1. The number of hydrogen-bond donors (Lipinski definition) is 0. The summed E-state index contributed by atoms with van der Waals surface area (Å²) in [6.07, 6.45) is 2.14. The number of hydrazine groups is 1. The third-order valence-electron chi connectivity index (χ3n) is 4.96. The monoisotopic (exact) mass is 287 g/mol. The Labute approximate surface area is 125 Å². The molecule has 2 saturated heterocycles.